The van der Waals surface area contributed by atoms with Crippen LogP contribution in [0.15, 0.2) is 47.4 Å². The molecule has 0 saturated carbocycles. The number of nitrogens with one attached hydrogen (secondary N) is 3. The van der Waals surface area contributed by atoms with E-state index in [0.29, 0.717) is 80.2 Å². The van der Waals surface area contributed by atoms with Gasteiger partial charge in [-0.2, -0.15) is 11.8 Å². The summed E-state index contributed by atoms with van der Waals surface area (Å²) in [5.74, 6) is 0.410. The summed E-state index contributed by atoms with van der Waals surface area (Å²) >= 11 is 1.89. The molecule has 3 N–H and O–H groups in total. The summed E-state index contributed by atoms with van der Waals surface area (Å²) in [6.45, 7) is 4.52. The van der Waals surface area contributed by atoms with Crippen LogP contribution < -0.4 is 21.5 Å². The fourth-order valence-electron chi connectivity index (χ4n) is 7.97. The average molecular weight is 787 g/mol. The number of fused-ring (bicyclic) bond motifs is 6. The molecule has 4 aliphatic heterocycles. The van der Waals surface area contributed by atoms with E-state index in [4.69, 9.17) is 23.9 Å². The molecule has 8 rings (SSSR count). The molecule has 3 aromatic heterocycles. The maximum atomic E-state index is 13.8. The van der Waals surface area contributed by atoms with Crippen molar-refractivity contribution in [3.8, 4) is 11.4 Å². The Morgan fingerprint density at radius 2 is 1.95 bits per heavy atom. The van der Waals surface area contributed by atoms with Gasteiger partial charge in [0.25, 0.3) is 5.56 Å². The van der Waals surface area contributed by atoms with Gasteiger partial charge in [-0.25, -0.2) is 19.3 Å². The summed E-state index contributed by atoms with van der Waals surface area (Å²) in [4.78, 5) is 55.9. The standard InChI is InChI=1S/C39H46N8O8S/c1-2-39(28-18-31-34-25(17-24-7-3-4-8-29(24)41-34)19-47(31)36(49)27(28)22-54-37(39)50)55-21-26-20-46(45-44-26)12-14-53-16-15-52-13-11-40-33(48)10-6-5-9-32-35-30(23-56-32)42-38(51)43-35/h3-4,7-8,17-18,20,30,32,35H,2,5-6,9-16,19,21-23H2,1H3,(H,40,48)(H2,42,43,51)/t30-,32-,35-,39-/m0/s1. The van der Waals surface area contributed by atoms with Crippen molar-refractivity contribution in [2.45, 2.75) is 88.3 Å². The third-order valence-electron chi connectivity index (χ3n) is 10.9. The third-order valence-corrected chi connectivity index (χ3v) is 12.4. The van der Waals surface area contributed by atoms with E-state index in [1.807, 2.05) is 49.0 Å². The van der Waals surface area contributed by atoms with E-state index in [-0.39, 0.29) is 49.2 Å². The van der Waals surface area contributed by atoms with Gasteiger partial charge in [-0.3, -0.25) is 9.59 Å². The molecule has 2 fully saturated rings. The van der Waals surface area contributed by atoms with E-state index in [1.54, 1.807) is 15.4 Å². The van der Waals surface area contributed by atoms with Crippen LogP contribution in [0, 0.1) is 0 Å². The average Bonchev–Trinajstić information content (AvgIpc) is 3.99. The van der Waals surface area contributed by atoms with Crippen LogP contribution in [0.3, 0.4) is 0 Å². The number of hydrogen-bond donors (Lipinski definition) is 3. The first-order chi connectivity index (χ1) is 27.3. The third kappa shape index (κ3) is 7.77. The molecule has 0 spiro atoms. The van der Waals surface area contributed by atoms with Crippen LogP contribution in [0.2, 0.25) is 0 Å². The van der Waals surface area contributed by atoms with Gasteiger partial charge in [0, 0.05) is 40.5 Å². The number of nitrogens with zero attached hydrogens (tertiary/aromatic N) is 5. The molecule has 4 atom stereocenters. The number of ether oxygens (including phenoxy) is 4. The Kier molecular flexibility index (Phi) is 11.4. The Labute approximate surface area is 327 Å². The van der Waals surface area contributed by atoms with E-state index in [1.165, 1.54) is 0 Å². The SMILES string of the molecule is CC[C@@]1(OCc2cn(CCOCCOCCNC(=O)CCCC[C@@H]3SC[C@@H]4NC(=O)N[C@@H]43)nn2)C(=O)OCc2c1cc1n(c2=O)Cc2cc3ccccc3nc2-1. The fraction of sp³-hybridized carbons (Fsp3) is 0.513. The first-order valence-electron chi connectivity index (χ1n) is 19.3. The lowest BCUT2D eigenvalue weighted by Crippen LogP contribution is -2.46. The zero-order valence-electron chi connectivity index (χ0n) is 31.3. The Morgan fingerprint density at radius 1 is 1.09 bits per heavy atom. The molecule has 0 aliphatic carbocycles. The largest absolute Gasteiger partial charge is 0.458 e. The highest BCUT2D eigenvalue weighted by Crippen LogP contribution is 2.41. The number of hydrogen-bond acceptors (Lipinski definition) is 12. The summed E-state index contributed by atoms with van der Waals surface area (Å²) in [5.41, 5.74) is 2.87. The lowest BCUT2D eigenvalue weighted by atomic mass is 9.85. The van der Waals surface area contributed by atoms with E-state index < -0.39 is 11.6 Å². The molecule has 4 aromatic rings. The van der Waals surface area contributed by atoms with Crippen molar-refractivity contribution in [1.82, 2.24) is 40.5 Å². The summed E-state index contributed by atoms with van der Waals surface area (Å²) in [6.07, 6.45) is 5.21. The van der Waals surface area contributed by atoms with Gasteiger partial charge in [0.05, 0.1) is 86.9 Å². The number of esters is 1. The lowest BCUT2D eigenvalue weighted by molar-refractivity contribution is -0.183. The quantitative estimate of drug-likeness (QED) is 0.0671. The van der Waals surface area contributed by atoms with Gasteiger partial charge in [-0.15, -0.1) is 5.10 Å². The predicted molar refractivity (Wildman–Crippen MR) is 206 cm³/mol. The molecule has 16 nitrogen and oxygen atoms in total. The Bertz CT molecular complexity index is 2180. The first-order valence-corrected chi connectivity index (χ1v) is 20.3. The first kappa shape index (κ1) is 38.1. The van der Waals surface area contributed by atoms with Crippen LogP contribution >= 0.6 is 11.8 Å². The molecule has 56 heavy (non-hydrogen) atoms. The molecule has 17 heteroatoms. The van der Waals surface area contributed by atoms with Gasteiger partial charge >= 0.3 is 12.0 Å². The van der Waals surface area contributed by atoms with Crippen LogP contribution in [0.25, 0.3) is 22.3 Å². The number of aromatic nitrogens is 5. The van der Waals surface area contributed by atoms with Crippen LogP contribution in [-0.2, 0) is 60.4 Å². The van der Waals surface area contributed by atoms with Gasteiger partial charge in [0.15, 0.2) is 5.60 Å². The highest BCUT2D eigenvalue weighted by molar-refractivity contribution is 8.00. The number of urea groups is 1. The normalized spacial score (nSPS) is 21.9. The Hall–Kier alpha value is -4.84. The van der Waals surface area contributed by atoms with Gasteiger partial charge in [0.1, 0.15) is 12.3 Å². The van der Waals surface area contributed by atoms with Crippen molar-refractivity contribution in [2.24, 2.45) is 0 Å². The molecule has 2 saturated heterocycles. The topological polar surface area (TPSA) is 190 Å². The summed E-state index contributed by atoms with van der Waals surface area (Å²) < 4.78 is 26.5. The second kappa shape index (κ2) is 16.7. The maximum Gasteiger partial charge on any atom is 0.343 e. The summed E-state index contributed by atoms with van der Waals surface area (Å²) in [7, 11) is 0. The van der Waals surface area contributed by atoms with Crippen molar-refractivity contribution >= 4 is 40.6 Å². The fourth-order valence-corrected chi connectivity index (χ4v) is 9.51. The number of pyridine rings is 2. The number of unbranched alkanes of at least 4 members (excludes halogenated alkanes) is 1. The molecular formula is C39H46N8O8S. The Morgan fingerprint density at radius 3 is 2.82 bits per heavy atom. The minimum atomic E-state index is -1.49. The highest BCUT2D eigenvalue weighted by Gasteiger charge is 2.48. The summed E-state index contributed by atoms with van der Waals surface area (Å²) in [5, 5.41) is 18.7. The molecular weight excluding hydrogens is 741 g/mol. The van der Waals surface area contributed by atoms with Crippen molar-refractivity contribution in [3.05, 3.63) is 75.3 Å². The predicted octanol–water partition coefficient (Wildman–Crippen LogP) is 2.77. The van der Waals surface area contributed by atoms with E-state index in [0.717, 1.165) is 47.2 Å². The van der Waals surface area contributed by atoms with E-state index >= 15 is 0 Å². The number of carbonyl (C=O) groups excluding carboxylic acids is 3. The van der Waals surface area contributed by atoms with Gasteiger partial charge in [-0.05, 0) is 37.5 Å². The molecule has 296 valence electrons. The second-order valence-electron chi connectivity index (χ2n) is 14.5. The monoisotopic (exact) mass is 786 g/mol. The zero-order valence-corrected chi connectivity index (χ0v) is 32.1. The molecule has 4 aliphatic rings. The number of cyclic esters (lactones) is 1. The highest BCUT2D eigenvalue weighted by atomic mass is 32.2. The van der Waals surface area contributed by atoms with Crippen molar-refractivity contribution in [1.29, 1.82) is 0 Å². The number of rotatable bonds is 18. The van der Waals surface area contributed by atoms with Crippen LogP contribution in [-0.4, -0.2) is 98.5 Å². The van der Waals surface area contributed by atoms with Crippen LogP contribution in [0.5, 0.6) is 0 Å². The minimum absolute atomic E-state index is 0.0140. The Balaban J connectivity index is 0.750. The zero-order chi connectivity index (χ0) is 38.6. The molecule has 0 unspecified atom stereocenters. The van der Waals surface area contributed by atoms with Crippen LogP contribution in [0.1, 0.15) is 61.4 Å². The van der Waals surface area contributed by atoms with Gasteiger partial charge in [0.2, 0.25) is 5.91 Å². The second-order valence-corrected chi connectivity index (χ2v) is 15.7. The number of amides is 3. The molecule has 7 heterocycles. The van der Waals surface area contributed by atoms with Gasteiger partial charge in [-0.1, -0.05) is 36.8 Å². The van der Waals surface area contributed by atoms with Crippen molar-refractivity contribution in [3.63, 3.8) is 0 Å². The van der Waals surface area contributed by atoms with Gasteiger partial charge < -0.3 is 39.5 Å². The lowest BCUT2D eigenvalue weighted by Gasteiger charge is -2.36. The number of carbonyl (C=O) groups is 3. The van der Waals surface area contributed by atoms with Crippen molar-refractivity contribution < 1.29 is 33.3 Å². The smallest absolute Gasteiger partial charge is 0.343 e. The van der Waals surface area contributed by atoms with E-state index in [2.05, 4.69) is 32.3 Å². The molecule has 1 aromatic carbocycles. The van der Waals surface area contributed by atoms with Crippen LogP contribution in [0.4, 0.5) is 4.79 Å². The summed E-state index contributed by atoms with van der Waals surface area (Å²) in [6, 6.07) is 12.1. The number of para-hydroxylation sites is 1. The number of benzene rings is 1. The molecule has 0 radical (unpaired) electrons. The number of thioether (sulfide) groups is 1. The molecule has 3 amide bonds. The van der Waals surface area contributed by atoms with Crippen molar-refractivity contribution in [2.75, 3.05) is 38.7 Å². The van der Waals surface area contributed by atoms with E-state index in [9.17, 15) is 19.2 Å². The maximum absolute atomic E-state index is 13.8. The molecule has 0 bridgehead atoms. The minimum Gasteiger partial charge on any atom is -0.458 e.